The number of urea groups is 1. The van der Waals surface area contributed by atoms with E-state index in [9.17, 15) is 14.4 Å². The standard InChI is InChI=1S/C19H22N4O5S/c1-11(2)7-23-18(25)17-13(9-29-21-17)22(19(23)26)8-16(24)20-6-12-3-4-14-15(5-12)28-10-27-14/h3-5,9,11,17,21H,6-8,10H2,1-2H3,(H,20,24). The van der Waals surface area contributed by atoms with Gasteiger partial charge in [-0.25, -0.2) is 9.52 Å². The van der Waals surface area contributed by atoms with Crippen molar-refractivity contribution < 1.29 is 23.9 Å². The molecular weight excluding hydrogens is 396 g/mol. The van der Waals surface area contributed by atoms with Crippen LogP contribution < -0.4 is 19.5 Å². The van der Waals surface area contributed by atoms with Gasteiger partial charge in [-0.1, -0.05) is 31.9 Å². The first kappa shape index (κ1) is 19.6. The van der Waals surface area contributed by atoms with E-state index < -0.39 is 12.1 Å². The summed E-state index contributed by atoms with van der Waals surface area (Å²) >= 11 is 1.25. The van der Waals surface area contributed by atoms with Crippen LogP contribution in [0.15, 0.2) is 29.3 Å². The number of ether oxygens (including phenoxy) is 2. The van der Waals surface area contributed by atoms with Gasteiger partial charge in [0.2, 0.25) is 12.7 Å². The van der Waals surface area contributed by atoms with Crippen LogP contribution in [0.1, 0.15) is 19.4 Å². The molecule has 154 valence electrons. The molecule has 3 heterocycles. The van der Waals surface area contributed by atoms with Crippen molar-refractivity contribution in [3.05, 3.63) is 34.9 Å². The molecule has 3 aliphatic rings. The number of hydrogen-bond acceptors (Lipinski definition) is 7. The summed E-state index contributed by atoms with van der Waals surface area (Å²) in [4.78, 5) is 40.7. The smallest absolute Gasteiger partial charge is 0.331 e. The van der Waals surface area contributed by atoms with Crippen LogP contribution in [-0.2, 0) is 16.1 Å². The Labute approximate surface area is 172 Å². The predicted molar refractivity (Wildman–Crippen MR) is 106 cm³/mol. The van der Waals surface area contributed by atoms with Crippen molar-refractivity contribution in [2.75, 3.05) is 19.9 Å². The molecule has 1 aromatic carbocycles. The predicted octanol–water partition coefficient (Wildman–Crippen LogP) is 1.41. The fraction of sp³-hybridized carbons (Fsp3) is 0.421. The third kappa shape index (κ3) is 3.90. The second kappa shape index (κ2) is 7.96. The van der Waals surface area contributed by atoms with Gasteiger partial charge >= 0.3 is 6.03 Å². The second-order valence-electron chi connectivity index (χ2n) is 7.39. The third-order valence-electron chi connectivity index (χ3n) is 4.72. The van der Waals surface area contributed by atoms with Gasteiger partial charge in [-0.15, -0.1) is 0 Å². The van der Waals surface area contributed by atoms with Gasteiger partial charge in [-0.3, -0.25) is 19.4 Å². The lowest BCUT2D eigenvalue weighted by Gasteiger charge is -2.38. The first-order valence-corrected chi connectivity index (χ1v) is 10.2. The number of carbonyl (C=O) groups is 3. The van der Waals surface area contributed by atoms with E-state index in [1.165, 1.54) is 21.7 Å². The molecule has 9 nitrogen and oxygen atoms in total. The Morgan fingerprint density at radius 1 is 1.28 bits per heavy atom. The maximum Gasteiger partial charge on any atom is 0.331 e. The largest absolute Gasteiger partial charge is 0.454 e. The molecule has 1 aromatic rings. The van der Waals surface area contributed by atoms with Crippen LogP contribution in [0.4, 0.5) is 4.79 Å². The Kier molecular flexibility index (Phi) is 5.37. The molecule has 4 rings (SSSR count). The molecule has 0 radical (unpaired) electrons. The van der Waals surface area contributed by atoms with E-state index in [1.807, 2.05) is 26.0 Å². The topological polar surface area (TPSA) is 100 Å². The lowest BCUT2D eigenvalue weighted by Crippen LogP contribution is -2.61. The fourth-order valence-electron chi connectivity index (χ4n) is 3.34. The first-order valence-electron chi connectivity index (χ1n) is 9.33. The average Bonchev–Trinajstić information content (AvgIpc) is 3.35. The molecular formula is C19H22N4O5S. The normalized spacial score (nSPS) is 20.2. The van der Waals surface area contributed by atoms with Gasteiger partial charge in [-0.2, -0.15) is 0 Å². The molecule has 0 bridgehead atoms. The van der Waals surface area contributed by atoms with Crippen molar-refractivity contribution in [2.24, 2.45) is 5.92 Å². The van der Waals surface area contributed by atoms with E-state index in [1.54, 1.807) is 11.5 Å². The average molecular weight is 418 g/mol. The third-order valence-corrected chi connectivity index (χ3v) is 5.46. The summed E-state index contributed by atoms with van der Waals surface area (Å²) in [6, 6.07) is 4.38. The van der Waals surface area contributed by atoms with Gasteiger partial charge in [0.05, 0.1) is 5.70 Å². The molecule has 0 aromatic heterocycles. The van der Waals surface area contributed by atoms with Gasteiger partial charge < -0.3 is 14.8 Å². The molecule has 0 spiro atoms. The molecule has 3 aliphatic heterocycles. The minimum atomic E-state index is -0.613. The summed E-state index contributed by atoms with van der Waals surface area (Å²) in [6.07, 6.45) is 0. The summed E-state index contributed by atoms with van der Waals surface area (Å²) < 4.78 is 13.6. The van der Waals surface area contributed by atoms with E-state index in [0.29, 0.717) is 30.3 Å². The van der Waals surface area contributed by atoms with Crippen LogP contribution in [0, 0.1) is 5.92 Å². The number of benzene rings is 1. The molecule has 0 saturated carbocycles. The van der Waals surface area contributed by atoms with E-state index in [0.717, 1.165) is 5.56 Å². The van der Waals surface area contributed by atoms with Gasteiger partial charge in [0.1, 0.15) is 12.6 Å². The lowest BCUT2D eigenvalue weighted by atomic mass is 10.1. The summed E-state index contributed by atoms with van der Waals surface area (Å²) in [5, 5.41) is 4.52. The van der Waals surface area contributed by atoms with Crippen molar-refractivity contribution in [3.63, 3.8) is 0 Å². The maximum absolute atomic E-state index is 12.9. The molecule has 1 saturated heterocycles. The number of fused-ring (bicyclic) bond motifs is 2. The van der Waals surface area contributed by atoms with Crippen LogP contribution in [0.25, 0.3) is 0 Å². The monoisotopic (exact) mass is 418 g/mol. The van der Waals surface area contributed by atoms with Gasteiger partial charge in [0.15, 0.2) is 11.5 Å². The zero-order chi connectivity index (χ0) is 20.5. The van der Waals surface area contributed by atoms with Crippen molar-refractivity contribution in [1.82, 2.24) is 19.8 Å². The van der Waals surface area contributed by atoms with Gasteiger partial charge in [0, 0.05) is 18.5 Å². The number of rotatable bonds is 6. The zero-order valence-electron chi connectivity index (χ0n) is 16.1. The fourth-order valence-corrected chi connectivity index (χ4v) is 4.15. The quantitative estimate of drug-likeness (QED) is 0.674. The van der Waals surface area contributed by atoms with Crippen LogP contribution in [-0.4, -0.2) is 53.6 Å². The zero-order valence-corrected chi connectivity index (χ0v) is 17.0. The number of nitrogens with zero attached hydrogens (tertiary/aromatic N) is 2. The highest BCUT2D eigenvalue weighted by molar-refractivity contribution is 8.00. The van der Waals surface area contributed by atoms with Crippen LogP contribution >= 0.6 is 11.9 Å². The molecule has 10 heteroatoms. The summed E-state index contributed by atoms with van der Waals surface area (Å²) in [5.74, 6) is 0.860. The van der Waals surface area contributed by atoms with Crippen molar-refractivity contribution >= 4 is 29.8 Å². The highest BCUT2D eigenvalue weighted by atomic mass is 32.2. The number of hydrogen-bond donors (Lipinski definition) is 2. The highest BCUT2D eigenvalue weighted by Gasteiger charge is 2.45. The van der Waals surface area contributed by atoms with Crippen molar-refractivity contribution in [2.45, 2.75) is 26.4 Å². The van der Waals surface area contributed by atoms with Crippen LogP contribution in [0.3, 0.4) is 0 Å². The summed E-state index contributed by atoms with van der Waals surface area (Å²) in [6.45, 7) is 4.51. The van der Waals surface area contributed by atoms with E-state index in [4.69, 9.17) is 9.47 Å². The number of carbonyl (C=O) groups excluding carboxylic acids is 3. The van der Waals surface area contributed by atoms with Crippen LogP contribution in [0.5, 0.6) is 11.5 Å². The Morgan fingerprint density at radius 3 is 2.86 bits per heavy atom. The molecule has 29 heavy (non-hydrogen) atoms. The first-order chi connectivity index (χ1) is 13.9. The molecule has 4 amide bonds. The van der Waals surface area contributed by atoms with E-state index in [-0.39, 0.29) is 31.1 Å². The Morgan fingerprint density at radius 2 is 2.07 bits per heavy atom. The SMILES string of the molecule is CC(C)CN1C(=O)C2NSC=C2N(CC(=O)NCc2ccc3c(c2)OCO3)C1=O. The second-order valence-corrected chi connectivity index (χ2v) is 8.09. The van der Waals surface area contributed by atoms with Crippen molar-refractivity contribution in [1.29, 1.82) is 0 Å². The Bertz CT molecular complexity index is 887. The Balaban J connectivity index is 1.42. The molecule has 1 fully saturated rings. The Hall–Kier alpha value is -2.72. The lowest BCUT2D eigenvalue weighted by molar-refractivity contribution is -0.133. The van der Waals surface area contributed by atoms with Crippen LogP contribution in [0.2, 0.25) is 0 Å². The summed E-state index contributed by atoms with van der Waals surface area (Å²) in [5.41, 5.74) is 1.38. The van der Waals surface area contributed by atoms with Crippen molar-refractivity contribution in [3.8, 4) is 11.5 Å². The van der Waals surface area contributed by atoms with Gasteiger partial charge in [-0.05, 0) is 23.6 Å². The number of imide groups is 1. The molecule has 1 atom stereocenters. The van der Waals surface area contributed by atoms with Gasteiger partial charge in [0.25, 0.3) is 5.91 Å². The van der Waals surface area contributed by atoms with E-state index in [2.05, 4.69) is 10.0 Å². The molecule has 1 unspecified atom stereocenters. The van der Waals surface area contributed by atoms with E-state index >= 15 is 0 Å². The molecule has 2 N–H and O–H groups in total. The highest BCUT2D eigenvalue weighted by Crippen LogP contribution is 2.32. The number of amides is 4. The summed E-state index contributed by atoms with van der Waals surface area (Å²) in [7, 11) is 0. The minimum Gasteiger partial charge on any atom is -0.454 e. The minimum absolute atomic E-state index is 0.129. The maximum atomic E-state index is 12.9. The number of nitrogens with one attached hydrogen (secondary N) is 2. The molecule has 0 aliphatic carbocycles.